The Hall–Kier alpha value is -3.16. The van der Waals surface area contributed by atoms with Gasteiger partial charge in [0.05, 0.1) is 18.3 Å². The smallest absolute Gasteiger partial charge is 0.224 e. The summed E-state index contributed by atoms with van der Waals surface area (Å²) in [5.74, 6) is 1.33. The second kappa shape index (κ2) is 8.24. The van der Waals surface area contributed by atoms with E-state index in [1.54, 1.807) is 13.3 Å². The van der Waals surface area contributed by atoms with Gasteiger partial charge in [0.25, 0.3) is 0 Å². The Balaban J connectivity index is 1.62. The molecule has 0 fully saturated rings. The lowest BCUT2D eigenvalue weighted by Crippen LogP contribution is -2.04. The van der Waals surface area contributed by atoms with Crippen LogP contribution in [0.5, 0.6) is 5.75 Å². The molecule has 0 saturated heterocycles. The fraction of sp³-hybridized carbons (Fsp3) is 0.150. The fourth-order valence-corrected chi connectivity index (χ4v) is 2.97. The van der Waals surface area contributed by atoms with E-state index in [9.17, 15) is 0 Å². The summed E-state index contributed by atoms with van der Waals surface area (Å²) >= 11 is 6.10. The van der Waals surface area contributed by atoms with Crippen molar-refractivity contribution >= 4 is 34.0 Å². The molecule has 0 aliphatic heterocycles. The van der Waals surface area contributed by atoms with Crippen molar-refractivity contribution in [3.05, 3.63) is 60.1 Å². The lowest BCUT2D eigenvalue weighted by Gasteiger charge is -2.11. The van der Waals surface area contributed by atoms with Crippen molar-refractivity contribution < 1.29 is 9.47 Å². The van der Waals surface area contributed by atoms with E-state index in [1.165, 1.54) is 0 Å². The molecule has 0 radical (unpaired) electrons. The average molecular weight is 396 g/mol. The van der Waals surface area contributed by atoms with Crippen LogP contribution in [0.1, 0.15) is 0 Å². The second-order valence-corrected chi connectivity index (χ2v) is 6.39. The number of ether oxygens (including phenoxy) is 2. The first-order valence-electron chi connectivity index (χ1n) is 8.68. The number of nitrogens with one attached hydrogen (secondary N) is 2. The molecule has 0 saturated carbocycles. The number of hydrogen-bond donors (Lipinski definition) is 2. The molecule has 4 aromatic rings. The molecular formula is C20H18ClN5O2. The zero-order chi connectivity index (χ0) is 19.3. The van der Waals surface area contributed by atoms with Crippen LogP contribution in [0.3, 0.4) is 0 Å². The highest BCUT2D eigenvalue weighted by Crippen LogP contribution is 2.29. The summed E-state index contributed by atoms with van der Waals surface area (Å²) in [6.07, 6.45) is 3.64. The maximum absolute atomic E-state index is 6.10. The van der Waals surface area contributed by atoms with Gasteiger partial charge in [0.15, 0.2) is 0 Å². The van der Waals surface area contributed by atoms with E-state index < -0.39 is 0 Å². The number of benzene rings is 2. The van der Waals surface area contributed by atoms with Crippen molar-refractivity contribution in [2.24, 2.45) is 0 Å². The predicted octanol–water partition coefficient (Wildman–Crippen LogP) is 4.44. The number of H-pyrrole nitrogens is 1. The van der Waals surface area contributed by atoms with Gasteiger partial charge in [-0.15, -0.1) is 0 Å². The molecule has 2 N–H and O–H groups in total. The normalized spacial score (nSPS) is 10.9. The lowest BCUT2D eigenvalue weighted by molar-refractivity contribution is 0.146. The number of fused-ring (bicyclic) bond motifs is 1. The molecule has 0 amide bonds. The Labute approximate surface area is 166 Å². The molecule has 8 heteroatoms. The maximum atomic E-state index is 6.10. The van der Waals surface area contributed by atoms with Crippen LogP contribution < -0.4 is 10.1 Å². The van der Waals surface area contributed by atoms with Gasteiger partial charge in [-0.2, -0.15) is 10.1 Å². The number of hydrogen-bond acceptors (Lipinski definition) is 6. The Bertz CT molecular complexity index is 1070. The molecule has 142 valence electrons. The van der Waals surface area contributed by atoms with Crippen molar-refractivity contribution in [3.8, 4) is 16.9 Å². The second-order valence-electron chi connectivity index (χ2n) is 6.05. The molecule has 2 aromatic carbocycles. The lowest BCUT2D eigenvalue weighted by atomic mass is 10.1. The summed E-state index contributed by atoms with van der Waals surface area (Å²) < 4.78 is 10.7. The van der Waals surface area contributed by atoms with Crippen LogP contribution in [0, 0.1) is 0 Å². The summed E-state index contributed by atoms with van der Waals surface area (Å²) in [6, 6.07) is 13.6. The first-order valence-corrected chi connectivity index (χ1v) is 9.06. The van der Waals surface area contributed by atoms with Crippen molar-refractivity contribution in [2.45, 2.75) is 0 Å². The summed E-state index contributed by atoms with van der Waals surface area (Å²) in [4.78, 5) is 8.64. The molecule has 7 nitrogen and oxygen atoms in total. The monoisotopic (exact) mass is 395 g/mol. The predicted molar refractivity (Wildman–Crippen MR) is 109 cm³/mol. The minimum absolute atomic E-state index is 0.179. The number of rotatable bonds is 7. The Morgan fingerprint density at radius 2 is 1.89 bits per heavy atom. The fourth-order valence-electron chi connectivity index (χ4n) is 2.80. The molecule has 28 heavy (non-hydrogen) atoms. The zero-order valence-corrected chi connectivity index (χ0v) is 15.9. The van der Waals surface area contributed by atoms with Crippen molar-refractivity contribution in [1.82, 2.24) is 20.2 Å². The third-order valence-corrected chi connectivity index (χ3v) is 4.34. The summed E-state index contributed by atoms with van der Waals surface area (Å²) in [7, 11) is 1.64. The van der Waals surface area contributed by atoms with Crippen LogP contribution in [0.4, 0.5) is 11.5 Å². The molecule has 2 aromatic heterocycles. The molecule has 0 aliphatic carbocycles. The largest absolute Gasteiger partial charge is 0.491 e. The van der Waals surface area contributed by atoms with Crippen LogP contribution in [-0.4, -0.2) is 40.5 Å². The summed E-state index contributed by atoms with van der Waals surface area (Å²) in [5, 5.41) is 11.1. The highest BCUT2D eigenvalue weighted by Gasteiger charge is 2.09. The van der Waals surface area contributed by atoms with Crippen molar-refractivity contribution in [2.75, 3.05) is 25.6 Å². The van der Waals surface area contributed by atoms with Gasteiger partial charge in [0.2, 0.25) is 5.28 Å². The summed E-state index contributed by atoms with van der Waals surface area (Å²) in [5.41, 5.74) is 3.71. The maximum Gasteiger partial charge on any atom is 0.224 e. The van der Waals surface area contributed by atoms with Crippen molar-refractivity contribution in [1.29, 1.82) is 0 Å². The Morgan fingerprint density at radius 3 is 2.64 bits per heavy atom. The highest BCUT2D eigenvalue weighted by atomic mass is 35.5. The van der Waals surface area contributed by atoms with E-state index in [2.05, 4.69) is 25.5 Å². The van der Waals surface area contributed by atoms with Crippen LogP contribution >= 0.6 is 11.6 Å². The van der Waals surface area contributed by atoms with Gasteiger partial charge in [-0.3, -0.25) is 5.10 Å². The minimum atomic E-state index is 0.179. The molecule has 2 heterocycles. The van der Waals surface area contributed by atoms with Gasteiger partial charge in [0, 0.05) is 29.9 Å². The van der Waals surface area contributed by atoms with Gasteiger partial charge in [-0.25, -0.2) is 4.98 Å². The quantitative estimate of drug-likeness (QED) is 0.355. The van der Waals surface area contributed by atoms with E-state index in [1.807, 2.05) is 48.7 Å². The number of halogens is 1. The number of anilines is 2. The van der Waals surface area contributed by atoms with E-state index in [-0.39, 0.29) is 5.28 Å². The van der Waals surface area contributed by atoms with Gasteiger partial charge in [-0.05, 0) is 47.5 Å². The van der Waals surface area contributed by atoms with Gasteiger partial charge >= 0.3 is 0 Å². The van der Waals surface area contributed by atoms with E-state index >= 15 is 0 Å². The van der Waals surface area contributed by atoms with Crippen LogP contribution in [0.25, 0.3) is 22.0 Å². The van der Waals surface area contributed by atoms with Crippen LogP contribution in [-0.2, 0) is 4.74 Å². The third kappa shape index (κ3) is 4.05. The number of aromatic nitrogens is 4. The molecule has 0 aliphatic rings. The Kier molecular flexibility index (Phi) is 5.36. The molecule has 0 atom stereocenters. The minimum Gasteiger partial charge on any atom is -0.491 e. The van der Waals surface area contributed by atoms with Crippen molar-refractivity contribution in [3.63, 3.8) is 0 Å². The molecule has 0 bridgehead atoms. The van der Waals surface area contributed by atoms with Gasteiger partial charge in [-0.1, -0.05) is 12.1 Å². The average Bonchev–Trinajstić information content (AvgIpc) is 3.24. The van der Waals surface area contributed by atoms with Crippen LogP contribution in [0.15, 0.2) is 54.9 Å². The molecule has 0 unspecified atom stereocenters. The van der Waals surface area contributed by atoms with Crippen LogP contribution in [0.2, 0.25) is 5.28 Å². The SMILES string of the molecule is COCCOc1ccc2nc(Cl)nc(Nc3ccc(-c4cn[nH]c4)cc3)c2c1. The molecular weight excluding hydrogens is 378 g/mol. The molecule has 0 spiro atoms. The van der Waals surface area contributed by atoms with E-state index in [4.69, 9.17) is 21.1 Å². The Morgan fingerprint density at radius 1 is 1.04 bits per heavy atom. The number of methoxy groups -OCH3 is 1. The number of aromatic amines is 1. The third-order valence-electron chi connectivity index (χ3n) is 4.18. The first-order chi connectivity index (χ1) is 13.7. The van der Waals surface area contributed by atoms with Gasteiger partial charge in [0.1, 0.15) is 18.2 Å². The number of nitrogens with zero attached hydrogens (tertiary/aromatic N) is 3. The first kappa shape index (κ1) is 18.2. The highest BCUT2D eigenvalue weighted by molar-refractivity contribution is 6.28. The van der Waals surface area contributed by atoms with E-state index in [0.717, 1.165) is 27.7 Å². The molecule has 4 rings (SSSR count). The topological polar surface area (TPSA) is 84.9 Å². The van der Waals surface area contributed by atoms with E-state index in [0.29, 0.717) is 24.8 Å². The zero-order valence-electron chi connectivity index (χ0n) is 15.1. The standard InChI is InChI=1S/C20H18ClN5O2/c1-27-8-9-28-16-6-7-18-17(10-16)19(26-20(21)25-18)24-15-4-2-13(3-5-15)14-11-22-23-12-14/h2-7,10-12H,8-9H2,1H3,(H,22,23)(H,24,25,26). The van der Waals surface area contributed by atoms with Gasteiger partial charge < -0.3 is 14.8 Å². The summed E-state index contributed by atoms with van der Waals surface area (Å²) in [6.45, 7) is 0.984.